The normalized spacial score (nSPS) is 11.0. The number of fused-ring (bicyclic) bond motifs is 1. The number of halogens is 2. The van der Waals surface area contributed by atoms with E-state index in [9.17, 15) is 0 Å². The Bertz CT molecular complexity index is 447. The summed E-state index contributed by atoms with van der Waals surface area (Å²) in [6.45, 7) is 2.07. The fourth-order valence-corrected chi connectivity index (χ4v) is 3.17. The van der Waals surface area contributed by atoms with E-state index in [-0.39, 0.29) is 0 Å². The smallest absolute Gasteiger partial charge is 0.0616 e. The second-order valence-corrected chi connectivity index (χ2v) is 4.80. The molecule has 2 rings (SSSR count). The molecule has 0 saturated carbocycles. The zero-order valence-electron chi connectivity index (χ0n) is 7.10. The van der Waals surface area contributed by atoms with Crippen LogP contribution in [0.2, 0.25) is 5.02 Å². The predicted molar refractivity (Wildman–Crippen MR) is 64.2 cm³/mol. The third kappa shape index (κ3) is 1.51. The Morgan fingerprint density at radius 3 is 3.00 bits per heavy atom. The van der Waals surface area contributed by atoms with Crippen LogP contribution in [-0.4, -0.2) is 0 Å². The molecule has 0 radical (unpaired) electrons. The van der Waals surface area contributed by atoms with Gasteiger partial charge in [-0.2, -0.15) is 0 Å². The highest BCUT2D eigenvalue weighted by Gasteiger charge is 2.07. The lowest BCUT2D eigenvalue weighted by Gasteiger charge is -2.05. The average Bonchev–Trinajstić information content (AvgIpc) is 2.59. The van der Waals surface area contributed by atoms with Gasteiger partial charge in [0.25, 0.3) is 0 Å². The molecule has 0 amide bonds. The standard InChI is InChI=1S/C10H8BrClS/c1-6-8(5-11)4-7-2-3-13-10(7)9(6)12/h2-4H,5H2,1H3. The van der Waals surface area contributed by atoms with Crippen molar-refractivity contribution in [1.29, 1.82) is 0 Å². The maximum atomic E-state index is 6.24. The van der Waals surface area contributed by atoms with E-state index in [1.54, 1.807) is 11.3 Å². The van der Waals surface area contributed by atoms with Gasteiger partial charge in [-0.3, -0.25) is 0 Å². The second kappa shape index (κ2) is 3.60. The van der Waals surface area contributed by atoms with Crippen molar-refractivity contribution in [1.82, 2.24) is 0 Å². The molecule has 13 heavy (non-hydrogen) atoms. The molecule has 0 nitrogen and oxygen atoms in total. The Morgan fingerprint density at radius 2 is 2.31 bits per heavy atom. The zero-order chi connectivity index (χ0) is 9.42. The van der Waals surface area contributed by atoms with Gasteiger partial charge in [0.05, 0.1) is 9.72 Å². The van der Waals surface area contributed by atoms with Gasteiger partial charge in [0.15, 0.2) is 0 Å². The Hall–Kier alpha value is -0.0500. The number of thiophene rings is 1. The minimum Gasteiger partial charge on any atom is -0.142 e. The lowest BCUT2D eigenvalue weighted by Crippen LogP contribution is -1.85. The van der Waals surface area contributed by atoms with Crippen LogP contribution in [0.15, 0.2) is 17.5 Å². The van der Waals surface area contributed by atoms with Gasteiger partial charge in [0.1, 0.15) is 0 Å². The molecule has 0 spiro atoms. The molecule has 0 saturated heterocycles. The van der Waals surface area contributed by atoms with Crippen molar-refractivity contribution in [2.24, 2.45) is 0 Å². The van der Waals surface area contributed by atoms with E-state index in [0.717, 1.165) is 10.4 Å². The van der Waals surface area contributed by atoms with Crippen LogP contribution in [0.4, 0.5) is 0 Å². The van der Waals surface area contributed by atoms with Crippen molar-refractivity contribution in [3.63, 3.8) is 0 Å². The van der Waals surface area contributed by atoms with Crippen LogP contribution in [0.25, 0.3) is 10.1 Å². The summed E-state index contributed by atoms with van der Waals surface area (Å²) < 4.78 is 1.20. The van der Waals surface area contributed by atoms with Gasteiger partial charge in [-0.15, -0.1) is 11.3 Å². The Balaban J connectivity index is 2.83. The molecule has 1 heterocycles. The van der Waals surface area contributed by atoms with Crippen molar-refractivity contribution in [2.75, 3.05) is 0 Å². The van der Waals surface area contributed by atoms with Crippen LogP contribution < -0.4 is 0 Å². The van der Waals surface area contributed by atoms with Crippen LogP contribution in [-0.2, 0) is 5.33 Å². The lowest BCUT2D eigenvalue weighted by atomic mass is 10.1. The highest BCUT2D eigenvalue weighted by Crippen LogP contribution is 2.34. The first-order valence-corrected chi connectivity index (χ1v) is 6.33. The molecule has 0 unspecified atom stereocenters. The first-order valence-electron chi connectivity index (χ1n) is 3.95. The highest BCUT2D eigenvalue weighted by molar-refractivity contribution is 9.08. The molecule has 3 heteroatoms. The first-order chi connectivity index (χ1) is 6.24. The summed E-state index contributed by atoms with van der Waals surface area (Å²) in [6.07, 6.45) is 0. The molecule has 1 aromatic carbocycles. The summed E-state index contributed by atoms with van der Waals surface area (Å²) in [4.78, 5) is 0. The van der Waals surface area contributed by atoms with Gasteiger partial charge in [0.2, 0.25) is 0 Å². The molecule has 2 aromatic rings. The molecule has 0 aliphatic rings. The van der Waals surface area contributed by atoms with Gasteiger partial charge >= 0.3 is 0 Å². The number of benzene rings is 1. The molecule has 0 atom stereocenters. The van der Waals surface area contributed by atoms with E-state index in [1.165, 1.54) is 21.2 Å². The Morgan fingerprint density at radius 1 is 1.54 bits per heavy atom. The van der Waals surface area contributed by atoms with Crippen molar-refractivity contribution in [2.45, 2.75) is 12.3 Å². The largest absolute Gasteiger partial charge is 0.142 e. The molecule has 0 bridgehead atoms. The maximum absolute atomic E-state index is 6.24. The summed E-state index contributed by atoms with van der Waals surface area (Å²) in [6, 6.07) is 4.30. The molecular weight excluding hydrogens is 268 g/mol. The summed E-state index contributed by atoms with van der Waals surface area (Å²) >= 11 is 11.4. The van der Waals surface area contributed by atoms with E-state index in [4.69, 9.17) is 11.6 Å². The van der Waals surface area contributed by atoms with Gasteiger partial charge < -0.3 is 0 Å². The third-order valence-electron chi connectivity index (χ3n) is 2.18. The van der Waals surface area contributed by atoms with Crippen LogP contribution in [0, 0.1) is 6.92 Å². The fraction of sp³-hybridized carbons (Fsp3) is 0.200. The molecule has 0 N–H and O–H groups in total. The van der Waals surface area contributed by atoms with E-state index < -0.39 is 0 Å². The maximum Gasteiger partial charge on any atom is 0.0616 e. The highest BCUT2D eigenvalue weighted by atomic mass is 79.9. The van der Waals surface area contributed by atoms with E-state index >= 15 is 0 Å². The molecule has 0 aliphatic carbocycles. The fourth-order valence-electron chi connectivity index (χ4n) is 1.36. The first kappa shape index (κ1) is 9.50. The van der Waals surface area contributed by atoms with Crippen molar-refractivity contribution in [3.8, 4) is 0 Å². The minimum absolute atomic E-state index is 0.865. The van der Waals surface area contributed by atoms with Gasteiger partial charge in [-0.05, 0) is 40.9 Å². The van der Waals surface area contributed by atoms with E-state index in [2.05, 4.69) is 40.4 Å². The quantitative estimate of drug-likeness (QED) is 0.658. The molecular formula is C10H8BrClS. The number of rotatable bonds is 1. The third-order valence-corrected chi connectivity index (χ3v) is 4.32. The minimum atomic E-state index is 0.865. The Labute approximate surface area is 94.7 Å². The zero-order valence-corrected chi connectivity index (χ0v) is 10.3. The van der Waals surface area contributed by atoms with Crippen molar-refractivity contribution >= 4 is 49.0 Å². The average molecular weight is 276 g/mol. The van der Waals surface area contributed by atoms with Gasteiger partial charge in [-0.1, -0.05) is 27.5 Å². The summed E-state index contributed by atoms with van der Waals surface area (Å²) in [5, 5.41) is 5.09. The van der Waals surface area contributed by atoms with Gasteiger partial charge in [-0.25, -0.2) is 0 Å². The SMILES string of the molecule is Cc1c(CBr)cc2ccsc2c1Cl. The molecule has 68 valence electrons. The topological polar surface area (TPSA) is 0 Å². The van der Waals surface area contributed by atoms with Crippen LogP contribution >= 0.6 is 38.9 Å². The summed E-state index contributed by atoms with van der Waals surface area (Å²) in [5.41, 5.74) is 2.46. The molecule has 0 fully saturated rings. The summed E-state index contributed by atoms with van der Waals surface area (Å²) in [7, 11) is 0. The number of hydrogen-bond donors (Lipinski definition) is 0. The van der Waals surface area contributed by atoms with Crippen LogP contribution in [0.3, 0.4) is 0 Å². The summed E-state index contributed by atoms with van der Waals surface area (Å²) in [5.74, 6) is 0. The Kier molecular flexibility index (Phi) is 2.63. The van der Waals surface area contributed by atoms with Crippen LogP contribution in [0.1, 0.15) is 11.1 Å². The number of hydrogen-bond acceptors (Lipinski definition) is 1. The number of alkyl halides is 1. The monoisotopic (exact) mass is 274 g/mol. The van der Waals surface area contributed by atoms with E-state index in [1.807, 2.05) is 0 Å². The van der Waals surface area contributed by atoms with Crippen molar-refractivity contribution in [3.05, 3.63) is 33.7 Å². The van der Waals surface area contributed by atoms with E-state index in [0.29, 0.717) is 0 Å². The lowest BCUT2D eigenvalue weighted by molar-refractivity contribution is 1.35. The molecule has 1 aromatic heterocycles. The second-order valence-electron chi connectivity index (χ2n) is 2.95. The molecule has 0 aliphatic heterocycles. The predicted octanol–water partition coefficient (Wildman–Crippen LogP) is 4.76. The van der Waals surface area contributed by atoms with Crippen LogP contribution in [0.5, 0.6) is 0 Å². The van der Waals surface area contributed by atoms with Gasteiger partial charge in [0, 0.05) is 5.33 Å². The van der Waals surface area contributed by atoms with Crippen molar-refractivity contribution < 1.29 is 0 Å².